The number of rotatable bonds is 5. The lowest BCUT2D eigenvalue weighted by atomic mass is 10.3. The molecule has 1 atom stereocenters. The number of alkyl halides is 1. The molecule has 0 aliphatic rings. The molecule has 0 bridgehead atoms. The number of nitrogens with zero attached hydrogens (tertiary/aromatic N) is 1. The molecule has 0 saturated carbocycles. The summed E-state index contributed by atoms with van der Waals surface area (Å²) in [5.74, 6) is -0.00736. The molecule has 88 valence electrons. The zero-order valence-electron chi connectivity index (χ0n) is 8.74. The molecule has 0 aliphatic carbocycles. The third-order valence-corrected chi connectivity index (χ3v) is 2.45. The fraction of sp³-hybridized carbons (Fsp3) is 0.400. The van der Waals surface area contributed by atoms with Crippen LogP contribution in [0, 0.1) is 0 Å². The van der Waals surface area contributed by atoms with Crippen LogP contribution in [-0.2, 0) is 4.74 Å². The molecule has 0 aliphatic heterocycles. The fourth-order valence-electron chi connectivity index (χ4n) is 1.10. The molecule has 0 saturated heterocycles. The van der Waals surface area contributed by atoms with Crippen molar-refractivity contribution < 1.29 is 9.53 Å². The van der Waals surface area contributed by atoms with Gasteiger partial charge in [-0.25, -0.2) is 4.98 Å². The van der Waals surface area contributed by atoms with E-state index in [1.807, 2.05) is 0 Å². The van der Waals surface area contributed by atoms with Crippen LogP contribution in [0.25, 0.3) is 0 Å². The quantitative estimate of drug-likeness (QED) is 0.823. The van der Waals surface area contributed by atoms with Crippen molar-refractivity contribution in [2.24, 2.45) is 0 Å². The van der Waals surface area contributed by atoms with Gasteiger partial charge in [-0.15, -0.1) is 11.6 Å². The van der Waals surface area contributed by atoms with E-state index < -0.39 is 0 Å². The van der Waals surface area contributed by atoms with Crippen LogP contribution in [0.4, 0.5) is 0 Å². The first-order chi connectivity index (χ1) is 7.67. The topological polar surface area (TPSA) is 51.2 Å². The van der Waals surface area contributed by atoms with Crippen LogP contribution in [0.2, 0.25) is 5.02 Å². The van der Waals surface area contributed by atoms with Crippen LogP contribution in [0.15, 0.2) is 18.3 Å². The van der Waals surface area contributed by atoms with E-state index in [0.717, 1.165) is 0 Å². The minimum Gasteiger partial charge on any atom is -0.383 e. The van der Waals surface area contributed by atoms with Crippen molar-refractivity contribution in [1.29, 1.82) is 0 Å². The van der Waals surface area contributed by atoms with Gasteiger partial charge in [-0.05, 0) is 12.1 Å². The molecular formula is C10H12Cl2N2O2. The van der Waals surface area contributed by atoms with E-state index in [2.05, 4.69) is 10.3 Å². The lowest BCUT2D eigenvalue weighted by Crippen LogP contribution is -2.39. The van der Waals surface area contributed by atoms with E-state index >= 15 is 0 Å². The number of amides is 1. The Labute approximate surface area is 104 Å². The molecule has 1 amide bonds. The van der Waals surface area contributed by atoms with Crippen LogP contribution < -0.4 is 5.32 Å². The summed E-state index contributed by atoms with van der Waals surface area (Å²) in [6, 6.07) is 2.93. The van der Waals surface area contributed by atoms with E-state index in [1.165, 1.54) is 6.20 Å². The van der Waals surface area contributed by atoms with Gasteiger partial charge in [0.05, 0.1) is 17.7 Å². The fourth-order valence-corrected chi connectivity index (χ4v) is 1.37. The molecular weight excluding hydrogens is 251 g/mol. The van der Waals surface area contributed by atoms with E-state index in [1.54, 1.807) is 19.2 Å². The Hall–Kier alpha value is -0.840. The van der Waals surface area contributed by atoms with Crippen LogP contribution in [0.3, 0.4) is 0 Å². The number of carbonyl (C=O) groups excluding carboxylic acids is 1. The molecule has 1 rings (SSSR count). The zero-order chi connectivity index (χ0) is 12.0. The van der Waals surface area contributed by atoms with Crippen molar-refractivity contribution >= 4 is 29.1 Å². The van der Waals surface area contributed by atoms with Gasteiger partial charge in [-0.1, -0.05) is 11.6 Å². The average Bonchev–Trinajstić information content (AvgIpc) is 2.29. The molecule has 16 heavy (non-hydrogen) atoms. The molecule has 0 aromatic carbocycles. The number of hydrogen-bond acceptors (Lipinski definition) is 3. The lowest BCUT2D eigenvalue weighted by molar-refractivity contribution is 0.0902. The summed E-state index contributed by atoms with van der Waals surface area (Å²) in [7, 11) is 1.55. The number of ether oxygens (including phenoxy) is 1. The SMILES string of the molecule is COCC(CCl)NC(=O)c1ccc(Cl)cn1. The summed E-state index contributed by atoms with van der Waals surface area (Å²) in [5.41, 5.74) is 0.301. The zero-order valence-corrected chi connectivity index (χ0v) is 10.3. The highest BCUT2D eigenvalue weighted by Crippen LogP contribution is 2.06. The third-order valence-electron chi connectivity index (χ3n) is 1.85. The lowest BCUT2D eigenvalue weighted by Gasteiger charge is -2.14. The van der Waals surface area contributed by atoms with Gasteiger partial charge in [-0.3, -0.25) is 4.79 Å². The second-order valence-corrected chi connectivity index (χ2v) is 3.89. The van der Waals surface area contributed by atoms with Crippen molar-refractivity contribution in [2.45, 2.75) is 6.04 Å². The number of aromatic nitrogens is 1. The molecule has 1 aromatic rings. The third kappa shape index (κ3) is 3.96. The van der Waals surface area contributed by atoms with Crippen molar-refractivity contribution in [3.05, 3.63) is 29.0 Å². The average molecular weight is 263 g/mol. The molecule has 1 unspecified atom stereocenters. The van der Waals surface area contributed by atoms with E-state index in [4.69, 9.17) is 27.9 Å². The van der Waals surface area contributed by atoms with Gasteiger partial charge in [0.15, 0.2) is 0 Å². The van der Waals surface area contributed by atoms with Crippen LogP contribution >= 0.6 is 23.2 Å². The molecule has 1 aromatic heterocycles. The number of hydrogen-bond donors (Lipinski definition) is 1. The summed E-state index contributed by atoms with van der Waals surface area (Å²) in [5, 5.41) is 3.19. The highest BCUT2D eigenvalue weighted by molar-refractivity contribution is 6.30. The Kier molecular flexibility index (Phi) is 5.52. The molecule has 0 fully saturated rings. The molecule has 1 N–H and O–H groups in total. The molecule has 4 nitrogen and oxygen atoms in total. The number of pyridine rings is 1. The monoisotopic (exact) mass is 262 g/mol. The van der Waals surface area contributed by atoms with Crippen molar-refractivity contribution in [3.8, 4) is 0 Å². The Morgan fingerprint density at radius 3 is 2.88 bits per heavy atom. The predicted molar refractivity (Wildman–Crippen MR) is 63.1 cm³/mol. The molecule has 1 heterocycles. The number of carbonyl (C=O) groups is 1. The smallest absolute Gasteiger partial charge is 0.270 e. The summed E-state index contributed by atoms with van der Waals surface area (Å²) < 4.78 is 4.91. The largest absolute Gasteiger partial charge is 0.383 e. The Morgan fingerprint density at radius 1 is 1.62 bits per heavy atom. The second kappa shape index (κ2) is 6.68. The predicted octanol–water partition coefficient (Wildman–Crippen LogP) is 1.72. The summed E-state index contributed by atoms with van der Waals surface area (Å²) in [4.78, 5) is 15.6. The van der Waals surface area contributed by atoms with E-state index in [9.17, 15) is 4.79 Å². The summed E-state index contributed by atoms with van der Waals surface area (Å²) in [6.07, 6.45) is 1.42. The van der Waals surface area contributed by atoms with Crippen molar-refractivity contribution in [1.82, 2.24) is 10.3 Å². The van der Waals surface area contributed by atoms with E-state index in [-0.39, 0.29) is 17.8 Å². The maximum atomic E-state index is 11.7. The first-order valence-corrected chi connectivity index (χ1v) is 5.56. The van der Waals surface area contributed by atoms with Gasteiger partial charge >= 0.3 is 0 Å². The number of methoxy groups -OCH3 is 1. The van der Waals surface area contributed by atoms with Crippen molar-refractivity contribution in [3.63, 3.8) is 0 Å². The Bertz CT molecular complexity index is 343. The standard InChI is InChI=1S/C10H12Cl2N2O2/c1-16-6-8(4-11)14-10(15)9-3-2-7(12)5-13-9/h2-3,5,8H,4,6H2,1H3,(H,14,15). The number of halogens is 2. The van der Waals surface area contributed by atoms with Gasteiger partial charge < -0.3 is 10.1 Å². The van der Waals surface area contributed by atoms with Gasteiger partial charge in [0.2, 0.25) is 0 Å². The molecule has 0 radical (unpaired) electrons. The van der Waals surface area contributed by atoms with Gasteiger partial charge in [0.25, 0.3) is 5.91 Å². The normalized spacial score (nSPS) is 12.2. The Balaban J connectivity index is 2.60. The Morgan fingerprint density at radius 2 is 2.38 bits per heavy atom. The van der Waals surface area contributed by atoms with Gasteiger partial charge in [-0.2, -0.15) is 0 Å². The number of nitrogens with one attached hydrogen (secondary N) is 1. The highest BCUT2D eigenvalue weighted by Gasteiger charge is 2.13. The first kappa shape index (κ1) is 13.2. The minimum atomic E-state index is -0.292. The first-order valence-electron chi connectivity index (χ1n) is 4.64. The molecule has 6 heteroatoms. The second-order valence-electron chi connectivity index (χ2n) is 3.14. The summed E-state index contributed by atoms with van der Waals surface area (Å²) in [6.45, 7) is 0.364. The maximum Gasteiger partial charge on any atom is 0.270 e. The summed E-state index contributed by atoms with van der Waals surface area (Å²) >= 11 is 11.3. The maximum absolute atomic E-state index is 11.7. The van der Waals surface area contributed by atoms with Gasteiger partial charge in [0, 0.05) is 19.2 Å². The molecule has 0 spiro atoms. The van der Waals surface area contributed by atoms with E-state index in [0.29, 0.717) is 17.3 Å². The van der Waals surface area contributed by atoms with Crippen LogP contribution in [0.1, 0.15) is 10.5 Å². The van der Waals surface area contributed by atoms with Crippen LogP contribution in [-0.4, -0.2) is 36.5 Å². The highest BCUT2D eigenvalue weighted by atomic mass is 35.5. The van der Waals surface area contributed by atoms with Crippen molar-refractivity contribution in [2.75, 3.05) is 19.6 Å². The minimum absolute atomic E-state index is 0.225. The van der Waals surface area contributed by atoms with Gasteiger partial charge in [0.1, 0.15) is 5.69 Å². The van der Waals surface area contributed by atoms with Crippen LogP contribution in [0.5, 0.6) is 0 Å².